The van der Waals surface area contributed by atoms with Crippen molar-refractivity contribution in [1.29, 1.82) is 0 Å². The number of rotatable bonds is 33. The number of aromatic nitrogens is 2. The van der Waals surface area contributed by atoms with Crippen LogP contribution in [0.1, 0.15) is 212 Å². The van der Waals surface area contributed by atoms with E-state index < -0.39 is 0 Å². The van der Waals surface area contributed by atoms with Gasteiger partial charge in [-0.2, -0.15) is 0 Å². The van der Waals surface area contributed by atoms with Crippen LogP contribution in [0.3, 0.4) is 0 Å². The average molecular weight is 622 g/mol. The number of nitrogens with zero attached hydrogens (tertiary/aromatic N) is 1. The smallest absolute Gasteiger partial charge is 0.241 e. The molecule has 1 N–H and O–H groups in total. The fraction of sp³-hybridized carbons (Fsp3) is 0.791. The first-order chi connectivity index (χ1) is 22.3. The Kier molecular flexibility index (Phi) is 26.2. The fourth-order valence-electron chi connectivity index (χ4n) is 7.46. The predicted molar refractivity (Wildman–Crippen MR) is 199 cm³/mol. The van der Waals surface area contributed by atoms with Crippen molar-refractivity contribution in [2.75, 3.05) is 0 Å². The van der Waals surface area contributed by atoms with Crippen LogP contribution in [0, 0.1) is 5.92 Å². The molecule has 0 bridgehead atoms. The van der Waals surface area contributed by atoms with Gasteiger partial charge >= 0.3 is 0 Å². The van der Waals surface area contributed by atoms with E-state index in [2.05, 4.69) is 72.5 Å². The third-order valence-corrected chi connectivity index (χ3v) is 10.4. The van der Waals surface area contributed by atoms with Crippen LogP contribution < -0.4 is 4.57 Å². The van der Waals surface area contributed by atoms with Crippen LogP contribution in [0.4, 0.5) is 0 Å². The lowest BCUT2D eigenvalue weighted by atomic mass is 9.84. The molecule has 45 heavy (non-hydrogen) atoms. The lowest BCUT2D eigenvalue weighted by Crippen LogP contribution is -2.42. The van der Waals surface area contributed by atoms with Gasteiger partial charge in [-0.15, -0.1) is 0 Å². The van der Waals surface area contributed by atoms with Crippen LogP contribution >= 0.6 is 0 Å². The molecule has 258 valence electrons. The van der Waals surface area contributed by atoms with Crippen molar-refractivity contribution >= 4 is 0 Å². The van der Waals surface area contributed by atoms with Gasteiger partial charge < -0.3 is 0 Å². The molecule has 0 amide bonds. The minimum absolute atomic E-state index is 0.603. The summed E-state index contributed by atoms with van der Waals surface area (Å²) in [7, 11) is 0. The topological polar surface area (TPSA) is 19.7 Å². The molecule has 1 aromatic heterocycles. The van der Waals surface area contributed by atoms with Crippen LogP contribution in [-0.2, 0) is 6.42 Å². The van der Waals surface area contributed by atoms with Gasteiger partial charge in [-0.25, -0.2) is 4.57 Å². The summed E-state index contributed by atoms with van der Waals surface area (Å²) in [6.07, 6.45) is 49.2. The van der Waals surface area contributed by atoms with E-state index in [1.54, 1.807) is 0 Å². The SMILES string of the molecule is CCCCCCCCCCCCCCCCCC(C(CCCCCCCCCCCCCC)Cc1ccccc1)[n+]1cc[nH]c1. The number of aromatic amines is 1. The lowest BCUT2D eigenvalue weighted by Gasteiger charge is -2.25. The zero-order valence-corrected chi connectivity index (χ0v) is 30.4. The summed E-state index contributed by atoms with van der Waals surface area (Å²) in [5.41, 5.74) is 1.51. The normalized spacial score (nSPS) is 12.9. The van der Waals surface area contributed by atoms with Crippen LogP contribution in [0.25, 0.3) is 0 Å². The summed E-state index contributed by atoms with van der Waals surface area (Å²) in [4.78, 5) is 3.36. The van der Waals surface area contributed by atoms with Gasteiger partial charge in [-0.05, 0) is 31.2 Å². The van der Waals surface area contributed by atoms with E-state index in [1.165, 1.54) is 198 Å². The highest BCUT2D eigenvalue weighted by atomic mass is 15.1. The number of hydrogen-bond donors (Lipinski definition) is 1. The van der Waals surface area contributed by atoms with E-state index in [0.717, 1.165) is 0 Å². The van der Waals surface area contributed by atoms with E-state index in [1.807, 2.05) is 0 Å². The molecule has 2 aromatic rings. The van der Waals surface area contributed by atoms with Crippen molar-refractivity contribution in [2.24, 2.45) is 5.92 Å². The number of H-pyrrole nitrogens is 1. The lowest BCUT2D eigenvalue weighted by molar-refractivity contribution is -0.730. The highest BCUT2D eigenvalue weighted by Gasteiger charge is 2.26. The first-order valence-corrected chi connectivity index (χ1v) is 20.4. The standard InChI is InChI=1S/C43H76N2/c1-3-5-7-9-11-13-15-17-18-19-21-23-25-27-32-36-43(45-38-37-44-40-45)42(39-41-33-29-28-30-34-41)35-31-26-24-22-20-16-14-12-10-8-6-4-2/h28-30,33-34,37-38,40,42-43H,3-27,31-32,35-36,39H2,1-2H3/p+1. The Morgan fingerprint density at radius 3 is 1.29 bits per heavy atom. The Balaban J connectivity index is 1.66. The second-order valence-corrected chi connectivity index (χ2v) is 14.5. The molecule has 0 aliphatic carbocycles. The third-order valence-electron chi connectivity index (χ3n) is 10.4. The van der Waals surface area contributed by atoms with Gasteiger partial charge in [0.2, 0.25) is 6.33 Å². The molecule has 0 saturated carbocycles. The van der Waals surface area contributed by atoms with Gasteiger partial charge in [0, 0.05) is 5.92 Å². The molecular weight excluding hydrogens is 544 g/mol. The molecule has 0 aliphatic heterocycles. The zero-order chi connectivity index (χ0) is 31.9. The monoisotopic (exact) mass is 622 g/mol. The summed E-state index contributed by atoms with van der Waals surface area (Å²) in [5.74, 6) is 0.711. The van der Waals surface area contributed by atoms with Crippen LogP contribution in [-0.4, -0.2) is 4.98 Å². The first-order valence-electron chi connectivity index (χ1n) is 20.4. The fourth-order valence-corrected chi connectivity index (χ4v) is 7.46. The molecule has 2 unspecified atom stereocenters. The van der Waals surface area contributed by atoms with Gasteiger partial charge in [-0.3, -0.25) is 4.98 Å². The first kappa shape index (κ1) is 39.6. The largest absolute Gasteiger partial charge is 0.250 e. The summed E-state index contributed by atoms with van der Waals surface area (Å²) < 4.78 is 2.51. The van der Waals surface area contributed by atoms with Gasteiger partial charge in [0.15, 0.2) is 0 Å². The molecule has 0 spiro atoms. The maximum Gasteiger partial charge on any atom is 0.241 e. The van der Waals surface area contributed by atoms with Gasteiger partial charge in [-0.1, -0.05) is 211 Å². The van der Waals surface area contributed by atoms with Crippen molar-refractivity contribution in [3.63, 3.8) is 0 Å². The molecule has 0 radical (unpaired) electrons. The minimum atomic E-state index is 0.603. The maximum atomic E-state index is 3.36. The Morgan fingerprint density at radius 1 is 0.489 bits per heavy atom. The van der Waals surface area contributed by atoms with Crippen molar-refractivity contribution in [3.05, 3.63) is 54.6 Å². The second-order valence-electron chi connectivity index (χ2n) is 14.5. The molecule has 2 nitrogen and oxygen atoms in total. The molecule has 2 atom stereocenters. The van der Waals surface area contributed by atoms with Crippen LogP contribution in [0.15, 0.2) is 49.1 Å². The van der Waals surface area contributed by atoms with Crippen molar-refractivity contribution in [2.45, 2.75) is 213 Å². The summed E-state index contributed by atoms with van der Waals surface area (Å²) in [6.45, 7) is 4.62. The zero-order valence-electron chi connectivity index (χ0n) is 30.4. The van der Waals surface area contributed by atoms with Gasteiger partial charge in [0.1, 0.15) is 18.4 Å². The molecule has 1 aromatic carbocycles. The second kappa shape index (κ2) is 29.8. The molecular formula is C43H77N2+. The third kappa shape index (κ3) is 21.8. The molecule has 0 aliphatic rings. The predicted octanol–water partition coefficient (Wildman–Crippen LogP) is 14.1. The number of imidazole rings is 1. The van der Waals surface area contributed by atoms with Crippen molar-refractivity contribution in [1.82, 2.24) is 4.98 Å². The Morgan fingerprint density at radius 2 is 0.889 bits per heavy atom. The molecule has 2 heteroatoms. The Labute approximate surface area is 282 Å². The Bertz CT molecular complexity index is 829. The average Bonchev–Trinajstić information content (AvgIpc) is 3.60. The van der Waals surface area contributed by atoms with Crippen molar-refractivity contribution < 1.29 is 4.57 Å². The molecule has 1 heterocycles. The number of hydrogen-bond acceptors (Lipinski definition) is 0. The van der Waals surface area contributed by atoms with E-state index in [-0.39, 0.29) is 0 Å². The highest BCUT2D eigenvalue weighted by Crippen LogP contribution is 2.29. The van der Waals surface area contributed by atoms with E-state index in [4.69, 9.17) is 0 Å². The quantitative estimate of drug-likeness (QED) is 0.0604. The van der Waals surface area contributed by atoms with Gasteiger partial charge in [0.05, 0.1) is 0 Å². The molecule has 0 fully saturated rings. The van der Waals surface area contributed by atoms with Crippen molar-refractivity contribution in [3.8, 4) is 0 Å². The van der Waals surface area contributed by atoms with E-state index in [0.29, 0.717) is 12.0 Å². The Hall–Kier alpha value is -1.57. The maximum absolute atomic E-state index is 3.36. The van der Waals surface area contributed by atoms with Crippen LogP contribution in [0.2, 0.25) is 0 Å². The summed E-state index contributed by atoms with van der Waals surface area (Å²) in [6, 6.07) is 11.9. The number of unbranched alkanes of at least 4 members (excludes halogenated alkanes) is 25. The minimum Gasteiger partial charge on any atom is -0.250 e. The van der Waals surface area contributed by atoms with Gasteiger partial charge in [0.25, 0.3) is 0 Å². The molecule has 0 saturated heterocycles. The van der Waals surface area contributed by atoms with E-state index in [9.17, 15) is 0 Å². The highest BCUT2D eigenvalue weighted by molar-refractivity contribution is 5.15. The number of nitrogens with one attached hydrogen (secondary N) is 1. The summed E-state index contributed by atoms with van der Waals surface area (Å²) >= 11 is 0. The van der Waals surface area contributed by atoms with E-state index >= 15 is 0 Å². The summed E-state index contributed by atoms with van der Waals surface area (Å²) in [5, 5.41) is 0. The number of benzene rings is 1. The van der Waals surface area contributed by atoms with Crippen LogP contribution in [0.5, 0.6) is 0 Å². The molecule has 2 rings (SSSR count).